The zero-order valence-electron chi connectivity index (χ0n) is 14.4. The summed E-state index contributed by atoms with van der Waals surface area (Å²) in [6, 6.07) is 4.08. The number of nitrogens with zero attached hydrogens (tertiary/aromatic N) is 4. The molecule has 1 fully saturated rings. The van der Waals surface area contributed by atoms with Crippen LogP contribution in [0.3, 0.4) is 0 Å². The van der Waals surface area contributed by atoms with Crippen LogP contribution in [0.4, 0.5) is 8.78 Å². The van der Waals surface area contributed by atoms with Crippen molar-refractivity contribution in [3.05, 3.63) is 47.3 Å². The lowest BCUT2D eigenvalue weighted by Crippen LogP contribution is -2.03. The molecule has 5 rings (SSSR count). The molecule has 3 heterocycles. The van der Waals surface area contributed by atoms with E-state index in [0.29, 0.717) is 17.4 Å². The van der Waals surface area contributed by atoms with Gasteiger partial charge in [-0.05, 0) is 49.9 Å². The molecule has 0 radical (unpaired) electrons. The molecule has 132 valence electrons. The lowest BCUT2D eigenvalue weighted by molar-refractivity contribution is 0.147. The predicted octanol–water partition coefficient (Wildman–Crippen LogP) is 4.70. The fourth-order valence-electron chi connectivity index (χ4n) is 3.63. The summed E-state index contributed by atoms with van der Waals surface area (Å²) in [4.78, 5) is 9.03. The second kappa shape index (κ2) is 5.33. The van der Waals surface area contributed by atoms with Crippen molar-refractivity contribution in [2.24, 2.45) is 0 Å². The first kappa shape index (κ1) is 15.4. The topological polar surface area (TPSA) is 58.9 Å². The number of hydrogen-bond acceptors (Lipinski definition) is 3. The second-order valence-electron chi connectivity index (χ2n) is 6.98. The van der Waals surface area contributed by atoms with Gasteiger partial charge in [0.25, 0.3) is 6.43 Å². The standard InChI is InChI=1S/C19H17F2N5/c1-9-5-12(6-13-7-22-25-16(9)13)15-17(11-3-4-11)23-10(2)26-8-14(18(20)21)24-19(15)26/h5-8,11,18H,3-4H2,1-2H3,(H,22,25). The molecule has 1 saturated carbocycles. The van der Waals surface area contributed by atoms with Gasteiger partial charge in [-0.15, -0.1) is 0 Å². The van der Waals surface area contributed by atoms with Gasteiger partial charge in [0.1, 0.15) is 17.2 Å². The van der Waals surface area contributed by atoms with Crippen LogP contribution in [0.25, 0.3) is 27.7 Å². The Morgan fingerprint density at radius 3 is 2.73 bits per heavy atom. The predicted molar refractivity (Wildman–Crippen MR) is 94.5 cm³/mol. The van der Waals surface area contributed by atoms with Crippen molar-refractivity contribution >= 4 is 16.6 Å². The number of aryl methyl sites for hydroxylation is 2. The Labute approximate surface area is 148 Å². The van der Waals surface area contributed by atoms with Crippen molar-refractivity contribution in [2.75, 3.05) is 0 Å². The summed E-state index contributed by atoms with van der Waals surface area (Å²) in [6.45, 7) is 3.85. The van der Waals surface area contributed by atoms with Crippen LogP contribution >= 0.6 is 0 Å². The molecule has 0 aliphatic heterocycles. The van der Waals surface area contributed by atoms with Crippen LogP contribution in [-0.2, 0) is 0 Å². The van der Waals surface area contributed by atoms with Gasteiger partial charge in [-0.2, -0.15) is 5.10 Å². The molecule has 3 aromatic heterocycles. The highest BCUT2D eigenvalue weighted by Crippen LogP contribution is 2.45. The number of hydrogen-bond donors (Lipinski definition) is 1. The van der Waals surface area contributed by atoms with Gasteiger partial charge in [-0.1, -0.05) is 0 Å². The normalized spacial score (nSPS) is 14.8. The third kappa shape index (κ3) is 2.23. The quantitative estimate of drug-likeness (QED) is 0.580. The molecule has 0 spiro atoms. The fraction of sp³-hybridized carbons (Fsp3) is 0.316. The zero-order chi connectivity index (χ0) is 18.0. The van der Waals surface area contributed by atoms with Crippen molar-refractivity contribution in [1.29, 1.82) is 0 Å². The maximum absolute atomic E-state index is 13.3. The number of aromatic nitrogens is 5. The number of rotatable bonds is 3. The van der Waals surface area contributed by atoms with Crippen LogP contribution in [0.2, 0.25) is 0 Å². The Hall–Kier alpha value is -2.83. The lowest BCUT2D eigenvalue weighted by Gasteiger charge is -2.13. The van der Waals surface area contributed by atoms with Gasteiger partial charge in [-0.3, -0.25) is 9.50 Å². The molecule has 1 aliphatic carbocycles. The number of halogens is 2. The van der Waals surface area contributed by atoms with Gasteiger partial charge in [0, 0.05) is 23.1 Å². The number of fused-ring (bicyclic) bond motifs is 2. The van der Waals surface area contributed by atoms with Gasteiger partial charge in [-0.25, -0.2) is 18.7 Å². The summed E-state index contributed by atoms with van der Waals surface area (Å²) < 4.78 is 28.2. The summed E-state index contributed by atoms with van der Waals surface area (Å²) in [7, 11) is 0. The number of aromatic amines is 1. The minimum Gasteiger partial charge on any atom is -0.287 e. The molecule has 1 N–H and O–H groups in total. The second-order valence-corrected chi connectivity index (χ2v) is 6.98. The van der Waals surface area contributed by atoms with Crippen LogP contribution < -0.4 is 0 Å². The van der Waals surface area contributed by atoms with Crippen LogP contribution in [0.15, 0.2) is 24.5 Å². The Morgan fingerprint density at radius 1 is 1.19 bits per heavy atom. The fourth-order valence-corrected chi connectivity index (χ4v) is 3.63. The molecular weight excluding hydrogens is 336 g/mol. The molecule has 7 heteroatoms. The van der Waals surface area contributed by atoms with Gasteiger partial charge in [0.15, 0.2) is 0 Å². The average molecular weight is 353 g/mol. The molecular formula is C19H17F2N5. The number of nitrogens with one attached hydrogen (secondary N) is 1. The summed E-state index contributed by atoms with van der Waals surface area (Å²) in [6.07, 6.45) is 2.71. The summed E-state index contributed by atoms with van der Waals surface area (Å²) in [5, 5.41) is 8.09. The third-order valence-corrected chi connectivity index (χ3v) is 5.06. The third-order valence-electron chi connectivity index (χ3n) is 5.06. The van der Waals surface area contributed by atoms with E-state index in [1.54, 1.807) is 10.6 Å². The van der Waals surface area contributed by atoms with E-state index in [1.165, 1.54) is 6.20 Å². The van der Waals surface area contributed by atoms with Crippen LogP contribution in [0.1, 0.15) is 48.0 Å². The Balaban J connectivity index is 1.86. The average Bonchev–Trinajstić information content (AvgIpc) is 3.15. The minimum absolute atomic E-state index is 0.217. The highest BCUT2D eigenvalue weighted by atomic mass is 19.3. The zero-order valence-corrected chi connectivity index (χ0v) is 14.4. The van der Waals surface area contributed by atoms with Crippen molar-refractivity contribution in [3.63, 3.8) is 0 Å². The molecule has 0 amide bonds. The van der Waals surface area contributed by atoms with E-state index in [4.69, 9.17) is 4.98 Å². The van der Waals surface area contributed by atoms with Gasteiger partial charge in [0.2, 0.25) is 0 Å². The van der Waals surface area contributed by atoms with E-state index in [0.717, 1.165) is 46.1 Å². The highest BCUT2D eigenvalue weighted by Gasteiger charge is 2.31. The molecule has 5 nitrogen and oxygen atoms in total. The largest absolute Gasteiger partial charge is 0.287 e. The SMILES string of the molecule is Cc1cc(-c2c(C3CC3)nc(C)n3cc(C(F)F)nc23)cc2cn[nH]c12. The Kier molecular flexibility index (Phi) is 3.16. The smallest absolute Gasteiger partial charge is 0.281 e. The number of imidazole rings is 1. The molecule has 0 atom stereocenters. The van der Waals surface area contributed by atoms with Crippen LogP contribution in [-0.4, -0.2) is 24.6 Å². The highest BCUT2D eigenvalue weighted by molar-refractivity contribution is 5.91. The number of benzene rings is 1. The first-order valence-corrected chi connectivity index (χ1v) is 8.64. The molecule has 0 bridgehead atoms. The van der Waals surface area contributed by atoms with Crippen molar-refractivity contribution in [2.45, 2.75) is 39.0 Å². The van der Waals surface area contributed by atoms with Crippen LogP contribution in [0.5, 0.6) is 0 Å². The van der Waals surface area contributed by atoms with Gasteiger partial charge < -0.3 is 0 Å². The monoisotopic (exact) mass is 353 g/mol. The Morgan fingerprint density at radius 2 is 2.00 bits per heavy atom. The number of alkyl halides is 2. The maximum atomic E-state index is 13.3. The van der Waals surface area contributed by atoms with Gasteiger partial charge >= 0.3 is 0 Å². The first-order valence-electron chi connectivity index (χ1n) is 8.64. The van der Waals surface area contributed by atoms with E-state index in [2.05, 4.69) is 21.2 Å². The van der Waals surface area contributed by atoms with E-state index in [1.807, 2.05) is 19.9 Å². The summed E-state index contributed by atoms with van der Waals surface area (Å²) >= 11 is 0. The molecule has 26 heavy (non-hydrogen) atoms. The van der Waals surface area contributed by atoms with Crippen molar-refractivity contribution < 1.29 is 8.78 Å². The number of H-pyrrole nitrogens is 1. The molecule has 1 aliphatic rings. The maximum Gasteiger partial charge on any atom is 0.281 e. The first-order chi connectivity index (χ1) is 12.5. The van der Waals surface area contributed by atoms with Crippen molar-refractivity contribution in [3.8, 4) is 11.1 Å². The van der Waals surface area contributed by atoms with E-state index >= 15 is 0 Å². The minimum atomic E-state index is -2.61. The van der Waals surface area contributed by atoms with Gasteiger partial charge in [0.05, 0.1) is 17.4 Å². The van der Waals surface area contributed by atoms with Crippen molar-refractivity contribution in [1.82, 2.24) is 24.6 Å². The van der Waals surface area contributed by atoms with E-state index < -0.39 is 6.43 Å². The summed E-state index contributed by atoms with van der Waals surface area (Å²) in [5.74, 6) is 1.06. The van der Waals surface area contributed by atoms with E-state index in [-0.39, 0.29) is 5.69 Å². The molecule has 1 aromatic carbocycles. The molecule has 0 saturated heterocycles. The van der Waals surface area contributed by atoms with E-state index in [9.17, 15) is 8.78 Å². The lowest BCUT2D eigenvalue weighted by atomic mass is 9.98. The Bertz CT molecular complexity index is 1150. The summed E-state index contributed by atoms with van der Waals surface area (Å²) in [5.41, 5.74) is 5.13. The van der Waals surface area contributed by atoms with Crippen LogP contribution in [0, 0.1) is 13.8 Å². The molecule has 0 unspecified atom stereocenters. The molecule has 4 aromatic rings.